The van der Waals surface area contributed by atoms with Gasteiger partial charge in [0.05, 0.1) is 12.6 Å². The van der Waals surface area contributed by atoms with Crippen molar-refractivity contribution in [1.82, 2.24) is 5.32 Å². The number of nitrogens with one attached hydrogen (secondary N) is 3. The van der Waals surface area contributed by atoms with Gasteiger partial charge in [0, 0.05) is 36.2 Å². The molecule has 1 aliphatic rings. The molecule has 0 saturated carbocycles. The molecule has 0 aromatic heterocycles. The minimum absolute atomic E-state index is 0.0875. The number of hydrogen-bond acceptors (Lipinski definition) is 6. The lowest BCUT2D eigenvalue weighted by atomic mass is 10.2. The first-order valence-electron chi connectivity index (χ1n) is 12.1. The lowest BCUT2D eigenvalue weighted by molar-refractivity contribution is -0.114. The summed E-state index contributed by atoms with van der Waals surface area (Å²) in [5, 5.41) is 8.81. The Balaban J connectivity index is 1.16. The topological polar surface area (TPSA) is 97.9 Å². The molecular weight excluding hydrogens is 458 g/mol. The van der Waals surface area contributed by atoms with Gasteiger partial charge < -0.3 is 30.2 Å². The van der Waals surface area contributed by atoms with Crippen molar-refractivity contribution in [3.63, 3.8) is 0 Å². The summed E-state index contributed by atoms with van der Waals surface area (Å²) < 4.78 is 16.9. The van der Waals surface area contributed by atoms with Crippen LogP contribution >= 0.6 is 0 Å². The van der Waals surface area contributed by atoms with E-state index in [1.54, 1.807) is 24.3 Å². The number of benzene rings is 3. The van der Waals surface area contributed by atoms with Gasteiger partial charge in [0.1, 0.15) is 24.7 Å². The number of hydrogen-bond donors (Lipinski definition) is 3. The number of anilines is 2. The van der Waals surface area contributed by atoms with E-state index in [4.69, 9.17) is 14.2 Å². The van der Waals surface area contributed by atoms with Gasteiger partial charge in [-0.3, -0.25) is 9.59 Å². The van der Waals surface area contributed by atoms with Gasteiger partial charge in [-0.1, -0.05) is 24.3 Å². The van der Waals surface area contributed by atoms with Crippen molar-refractivity contribution >= 4 is 23.2 Å². The van der Waals surface area contributed by atoms with Crippen LogP contribution in [0.1, 0.15) is 23.2 Å². The summed E-state index contributed by atoms with van der Waals surface area (Å²) in [6.07, 6.45) is 2.11. The molecule has 0 bridgehead atoms. The molecular formula is C28H31N3O5. The molecule has 3 aromatic carbocycles. The lowest BCUT2D eigenvalue weighted by Crippen LogP contribution is -2.31. The molecule has 2 amide bonds. The van der Waals surface area contributed by atoms with Gasteiger partial charge in [0.2, 0.25) is 5.91 Å². The van der Waals surface area contributed by atoms with Gasteiger partial charge in [-0.05, 0) is 61.4 Å². The predicted molar refractivity (Wildman–Crippen MR) is 139 cm³/mol. The zero-order valence-corrected chi connectivity index (χ0v) is 20.1. The molecule has 8 nitrogen and oxygen atoms in total. The molecule has 3 aromatic rings. The number of carbonyl (C=O) groups excluding carboxylic acids is 2. The molecule has 36 heavy (non-hydrogen) atoms. The minimum Gasteiger partial charge on any atom is -0.490 e. The van der Waals surface area contributed by atoms with Crippen LogP contribution in [0.5, 0.6) is 11.5 Å². The molecule has 1 aliphatic heterocycles. The van der Waals surface area contributed by atoms with E-state index < -0.39 is 0 Å². The highest BCUT2D eigenvalue weighted by Gasteiger charge is 2.16. The highest BCUT2D eigenvalue weighted by atomic mass is 16.5. The molecule has 1 unspecified atom stereocenters. The van der Waals surface area contributed by atoms with Crippen LogP contribution in [0.4, 0.5) is 11.4 Å². The molecule has 3 N–H and O–H groups in total. The Labute approximate surface area is 211 Å². The van der Waals surface area contributed by atoms with Gasteiger partial charge >= 0.3 is 0 Å². The van der Waals surface area contributed by atoms with E-state index in [1.807, 2.05) is 54.6 Å². The first-order chi connectivity index (χ1) is 17.7. The maximum Gasteiger partial charge on any atom is 0.251 e. The Hall–Kier alpha value is -4.04. The summed E-state index contributed by atoms with van der Waals surface area (Å²) in [7, 11) is 0. The third-order valence-electron chi connectivity index (χ3n) is 5.60. The quantitative estimate of drug-likeness (QED) is 0.332. The number of carbonyl (C=O) groups is 2. The Morgan fingerprint density at radius 3 is 2.36 bits per heavy atom. The Kier molecular flexibility index (Phi) is 9.16. The average Bonchev–Trinajstić information content (AvgIpc) is 3.44. The summed E-state index contributed by atoms with van der Waals surface area (Å²) >= 11 is 0. The first kappa shape index (κ1) is 25.1. The fourth-order valence-electron chi connectivity index (χ4n) is 3.74. The summed E-state index contributed by atoms with van der Waals surface area (Å²) in [6, 6.07) is 23.8. The zero-order chi connectivity index (χ0) is 25.0. The molecule has 1 atom stereocenters. The van der Waals surface area contributed by atoms with Crippen molar-refractivity contribution in [3.05, 3.63) is 84.4 Å². The fourth-order valence-corrected chi connectivity index (χ4v) is 3.74. The van der Waals surface area contributed by atoms with E-state index in [0.29, 0.717) is 36.8 Å². The average molecular weight is 490 g/mol. The molecule has 4 rings (SSSR count). The summed E-state index contributed by atoms with van der Waals surface area (Å²) in [5.41, 5.74) is 1.92. The van der Waals surface area contributed by atoms with E-state index in [9.17, 15) is 9.59 Å². The SMILES string of the molecule is O=C(CNc1cccc(OCCOc2ccccc2)c1)Nc1ccc(C(=O)NCC2CCCO2)cc1. The second-order valence-electron chi connectivity index (χ2n) is 8.36. The van der Waals surface area contributed by atoms with Crippen LogP contribution in [0.25, 0.3) is 0 Å². The van der Waals surface area contributed by atoms with Crippen molar-refractivity contribution in [2.24, 2.45) is 0 Å². The molecule has 0 spiro atoms. The zero-order valence-electron chi connectivity index (χ0n) is 20.1. The molecule has 0 aliphatic carbocycles. The predicted octanol–water partition coefficient (Wildman–Crippen LogP) is 4.10. The highest BCUT2D eigenvalue weighted by Crippen LogP contribution is 2.18. The van der Waals surface area contributed by atoms with Gasteiger partial charge in [0.25, 0.3) is 5.91 Å². The molecule has 188 valence electrons. The van der Waals surface area contributed by atoms with E-state index >= 15 is 0 Å². The maximum absolute atomic E-state index is 12.4. The number of rotatable bonds is 12. The Morgan fingerprint density at radius 1 is 0.861 bits per heavy atom. The van der Waals surface area contributed by atoms with Crippen LogP contribution < -0.4 is 25.4 Å². The van der Waals surface area contributed by atoms with Gasteiger partial charge in [-0.2, -0.15) is 0 Å². The van der Waals surface area contributed by atoms with Crippen molar-refractivity contribution < 1.29 is 23.8 Å². The van der Waals surface area contributed by atoms with Crippen LogP contribution in [0, 0.1) is 0 Å². The summed E-state index contributed by atoms with van der Waals surface area (Å²) in [5.74, 6) is 1.13. The van der Waals surface area contributed by atoms with Crippen molar-refractivity contribution in [3.8, 4) is 11.5 Å². The summed E-state index contributed by atoms with van der Waals surface area (Å²) in [6.45, 7) is 2.19. The first-order valence-corrected chi connectivity index (χ1v) is 12.1. The fraction of sp³-hybridized carbons (Fsp3) is 0.286. The van der Waals surface area contributed by atoms with Crippen molar-refractivity contribution in [2.45, 2.75) is 18.9 Å². The molecule has 1 saturated heterocycles. The van der Waals surface area contributed by atoms with Crippen molar-refractivity contribution in [2.75, 3.05) is 43.5 Å². The van der Waals surface area contributed by atoms with E-state index in [0.717, 1.165) is 30.9 Å². The standard InChI is InChI=1S/C28H31N3O5/c32-27(31-22-13-11-21(12-14-22)28(33)30-19-26-10-5-15-34-26)20-29-23-6-4-9-25(18-23)36-17-16-35-24-7-2-1-3-8-24/h1-4,6-9,11-14,18,26,29H,5,10,15-17,19-20H2,(H,30,33)(H,31,32). The van der Waals surface area contributed by atoms with E-state index in [1.165, 1.54) is 0 Å². The molecule has 1 fully saturated rings. The van der Waals surface area contributed by atoms with E-state index in [-0.39, 0.29) is 24.5 Å². The molecule has 1 heterocycles. The monoisotopic (exact) mass is 489 g/mol. The Bertz CT molecular complexity index is 1120. The van der Waals surface area contributed by atoms with Crippen LogP contribution in [0.3, 0.4) is 0 Å². The van der Waals surface area contributed by atoms with Crippen molar-refractivity contribution in [1.29, 1.82) is 0 Å². The normalized spacial score (nSPS) is 14.6. The van der Waals surface area contributed by atoms with Crippen LogP contribution in [-0.4, -0.2) is 50.8 Å². The van der Waals surface area contributed by atoms with Gasteiger partial charge in [-0.25, -0.2) is 0 Å². The van der Waals surface area contributed by atoms with Gasteiger partial charge in [0.15, 0.2) is 0 Å². The maximum atomic E-state index is 12.4. The smallest absolute Gasteiger partial charge is 0.251 e. The van der Waals surface area contributed by atoms with Crippen LogP contribution in [0.15, 0.2) is 78.9 Å². The third kappa shape index (κ3) is 8.02. The van der Waals surface area contributed by atoms with Crippen LogP contribution in [-0.2, 0) is 9.53 Å². The minimum atomic E-state index is -0.201. The number of para-hydroxylation sites is 1. The largest absolute Gasteiger partial charge is 0.490 e. The van der Waals surface area contributed by atoms with E-state index in [2.05, 4.69) is 16.0 Å². The second-order valence-corrected chi connectivity index (χ2v) is 8.36. The summed E-state index contributed by atoms with van der Waals surface area (Å²) in [4.78, 5) is 24.7. The Morgan fingerprint density at radius 2 is 1.61 bits per heavy atom. The highest BCUT2D eigenvalue weighted by molar-refractivity contribution is 5.96. The number of ether oxygens (including phenoxy) is 3. The molecule has 0 radical (unpaired) electrons. The number of amides is 2. The lowest BCUT2D eigenvalue weighted by Gasteiger charge is -2.12. The molecule has 8 heteroatoms. The van der Waals surface area contributed by atoms with Gasteiger partial charge in [-0.15, -0.1) is 0 Å². The second kappa shape index (κ2) is 13.2. The third-order valence-corrected chi connectivity index (χ3v) is 5.60. The van der Waals surface area contributed by atoms with Crippen LogP contribution in [0.2, 0.25) is 0 Å².